The van der Waals surface area contributed by atoms with Gasteiger partial charge in [-0.1, -0.05) is 0 Å². The Hall–Kier alpha value is -1.23. The molecule has 92 valence electrons. The number of nitrogens with one attached hydrogen (secondary N) is 1. The summed E-state index contributed by atoms with van der Waals surface area (Å²) in [5.41, 5.74) is 0.334. The Balaban J connectivity index is 1.63. The molecule has 2 heterocycles. The maximum atomic E-state index is 12.2. The zero-order valence-electron chi connectivity index (χ0n) is 10.1. The predicted molar refractivity (Wildman–Crippen MR) is 62.4 cm³/mol. The van der Waals surface area contributed by atoms with Crippen molar-refractivity contribution < 1.29 is 4.79 Å². The van der Waals surface area contributed by atoms with Crippen LogP contribution in [0.5, 0.6) is 0 Å². The van der Waals surface area contributed by atoms with Crippen LogP contribution in [0.15, 0.2) is 6.33 Å². The predicted octanol–water partition coefficient (Wildman–Crippen LogP) is 0.316. The molecule has 1 aliphatic heterocycles. The zero-order chi connectivity index (χ0) is 11.9. The quantitative estimate of drug-likeness (QED) is 0.818. The molecule has 1 aliphatic carbocycles. The van der Waals surface area contributed by atoms with Crippen molar-refractivity contribution in [1.82, 2.24) is 20.1 Å². The fraction of sp³-hybridized carbons (Fsp3) is 0.750. The molecule has 1 saturated heterocycles. The highest BCUT2D eigenvalue weighted by Crippen LogP contribution is 2.59. The maximum absolute atomic E-state index is 12.2. The van der Waals surface area contributed by atoms with Crippen LogP contribution in [0.4, 0.5) is 0 Å². The van der Waals surface area contributed by atoms with Gasteiger partial charge < -0.3 is 5.32 Å². The van der Waals surface area contributed by atoms with Crippen LogP contribution in [0, 0.1) is 11.3 Å². The molecule has 3 rings (SSSR count). The normalized spacial score (nSPS) is 26.1. The number of aromatic nitrogens is 3. The molecule has 17 heavy (non-hydrogen) atoms. The molecule has 1 aromatic rings. The molecule has 1 aromatic heterocycles. The van der Waals surface area contributed by atoms with Gasteiger partial charge in [-0.25, -0.2) is 4.98 Å². The lowest BCUT2D eigenvalue weighted by molar-refractivity contribution is -0.120. The van der Waals surface area contributed by atoms with Crippen LogP contribution in [0.3, 0.4) is 0 Å². The van der Waals surface area contributed by atoms with Gasteiger partial charge in [-0.15, -0.1) is 0 Å². The summed E-state index contributed by atoms with van der Waals surface area (Å²) >= 11 is 0. The van der Waals surface area contributed by atoms with Gasteiger partial charge >= 0.3 is 0 Å². The molecule has 5 nitrogen and oxygen atoms in total. The summed E-state index contributed by atoms with van der Waals surface area (Å²) in [4.78, 5) is 16.3. The molecule has 5 heteroatoms. The van der Waals surface area contributed by atoms with Crippen molar-refractivity contribution in [1.29, 1.82) is 0 Å². The summed E-state index contributed by atoms with van der Waals surface area (Å²) in [5, 5.41) is 7.35. The monoisotopic (exact) mass is 234 g/mol. The van der Waals surface area contributed by atoms with E-state index < -0.39 is 0 Å². The van der Waals surface area contributed by atoms with Crippen LogP contribution in [-0.4, -0.2) is 33.6 Å². The van der Waals surface area contributed by atoms with Gasteiger partial charge in [0, 0.05) is 13.0 Å². The minimum absolute atomic E-state index is 0.279. The molecule has 0 bridgehead atoms. The van der Waals surface area contributed by atoms with E-state index in [1.54, 1.807) is 4.68 Å². The van der Waals surface area contributed by atoms with Gasteiger partial charge in [-0.3, -0.25) is 9.48 Å². The Kier molecular flexibility index (Phi) is 2.50. The maximum Gasteiger partial charge on any atom is 0.144 e. The van der Waals surface area contributed by atoms with E-state index in [1.165, 1.54) is 6.33 Å². The zero-order valence-corrected chi connectivity index (χ0v) is 10.1. The number of hydrogen-bond donors (Lipinski definition) is 1. The van der Waals surface area contributed by atoms with Crippen molar-refractivity contribution in [2.24, 2.45) is 18.4 Å². The molecule has 1 N–H and O–H groups in total. The van der Waals surface area contributed by atoms with E-state index in [1.807, 2.05) is 7.05 Å². The van der Waals surface area contributed by atoms with Gasteiger partial charge in [0.2, 0.25) is 0 Å². The van der Waals surface area contributed by atoms with E-state index in [-0.39, 0.29) is 5.92 Å². The van der Waals surface area contributed by atoms with Crippen LogP contribution >= 0.6 is 0 Å². The van der Waals surface area contributed by atoms with E-state index >= 15 is 0 Å². The number of nitrogens with zero attached hydrogens (tertiary/aromatic N) is 3. The van der Waals surface area contributed by atoms with Crippen LogP contribution < -0.4 is 5.32 Å². The second-order valence-corrected chi connectivity index (χ2v) is 5.31. The Morgan fingerprint density at radius 1 is 1.59 bits per heavy atom. The van der Waals surface area contributed by atoms with E-state index in [2.05, 4.69) is 15.4 Å². The smallest absolute Gasteiger partial charge is 0.144 e. The summed E-state index contributed by atoms with van der Waals surface area (Å²) < 4.78 is 1.69. The Morgan fingerprint density at radius 2 is 2.35 bits per heavy atom. The highest BCUT2D eigenvalue weighted by atomic mass is 16.1. The third kappa shape index (κ3) is 1.88. The van der Waals surface area contributed by atoms with Gasteiger partial charge in [0.1, 0.15) is 17.9 Å². The first-order valence-electron chi connectivity index (χ1n) is 6.28. The van der Waals surface area contributed by atoms with Gasteiger partial charge in [0.05, 0.1) is 6.42 Å². The van der Waals surface area contributed by atoms with Crippen LogP contribution in [-0.2, 0) is 18.3 Å². The van der Waals surface area contributed by atoms with Crippen molar-refractivity contribution in [3.63, 3.8) is 0 Å². The van der Waals surface area contributed by atoms with Crippen molar-refractivity contribution >= 4 is 5.78 Å². The number of rotatable bonds is 3. The lowest BCUT2D eigenvalue weighted by atomic mass is 9.90. The Bertz CT molecular complexity index is 433. The third-order valence-corrected chi connectivity index (χ3v) is 4.32. The fourth-order valence-electron chi connectivity index (χ4n) is 3.04. The van der Waals surface area contributed by atoms with Crippen molar-refractivity contribution in [3.8, 4) is 0 Å². The molecule has 2 fully saturated rings. The SMILES string of the molecule is Cn1ncnc1CC(=O)C1CC12CCNCC2. The summed E-state index contributed by atoms with van der Waals surface area (Å²) in [6.07, 6.45) is 5.35. The summed E-state index contributed by atoms with van der Waals surface area (Å²) in [7, 11) is 1.84. The van der Waals surface area contributed by atoms with Crippen LogP contribution in [0.2, 0.25) is 0 Å². The molecule has 0 radical (unpaired) electrons. The van der Waals surface area contributed by atoms with E-state index in [9.17, 15) is 4.79 Å². The first kappa shape index (κ1) is 10.9. The lowest BCUT2D eigenvalue weighted by Crippen LogP contribution is -2.31. The highest BCUT2D eigenvalue weighted by molar-refractivity contribution is 5.86. The molecule has 0 aromatic carbocycles. The molecular formula is C12H18N4O. The van der Waals surface area contributed by atoms with Gasteiger partial charge in [-0.05, 0) is 37.8 Å². The number of Topliss-reactive ketones (excluding diaryl/α,β-unsaturated/α-hetero) is 1. The number of piperidine rings is 1. The van der Waals surface area contributed by atoms with Crippen molar-refractivity contribution in [2.75, 3.05) is 13.1 Å². The minimum Gasteiger partial charge on any atom is -0.317 e. The summed E-state index contributed by atoms with van der Waals surface area (Å²) in [5.74, 6) is 1.41. The molecule has 1 atom stereocenters. The number of hydrogen-bond acceptors (Lipinski definition) is 4. The van der Waals surface area contributed by atoms with E-state index in [4.69, 9.17) is 0 Å². The molecule has 1 unspecified atom stereocenters. The second-order valence-electron chi connectivity index (χ2n) is 5.31. The standard InChI is InChI=1S/C12H18N4O/c1-16-11(14-8-15-16)6-10(17)9-7-12(9)2-4-13-5-3-12/h8-9,13H,2-7H2,1H3. The first-order chi connectivity index (χ1) is 8.21. The van der Waals surface area contributed by atoms with Crippen molar-refractivity contribution in [2.45, 2.75) is 25.7 Å². The van der Waals surface area contributed by atoms with Crippen LogP contribution in [0.1, 0.15) is 25.1 Å². The summed E-state index contributed by atoms with van der Waals surface area (Å²) in [6, 6.07) is 0. The van der Waals surface area contributed by atoms with Crippen LogP contribution in [0.25, 0.3) is 0 Å². The lowest BCUT2D eigenvalue weighted by Gasteiger charge is -2.23. The number of carbonyl (C=O) groups is 1. The van der Waals surface area contributed by atoms with Gasteiger partial charge in [0.25, 0.3) is 0 Å². The minimum atomic E-state index is 0.279. The first-order valence-corrected chi connectivity index (χ1v) is 6.28. The summed E-state index contributed by atoms with van der Waals surface area (Å²) in [6.45, 7) is 2.13. The molecular weight excluding hydrogens is 216 g/mol. The Labute approximate surface area is 101 Å². The molecule has 2 aliphatic rings. The van der Waals surface area contributed by atoms with Gasteiger partial charge in [-0.2, -0.15) is 5.10 Å². The highest BCUT2D eigenvalue weighted by Gasteiger charge is 2.57. The number of ketones is 1. The third-order valence-electron chi connectivity index (χ3n) is 4.32. The number of carbonyl (C=O) groups excluding carboxylic acids is 1. The number of aryl methyl sites for hydroxylation is 1. The molecule has 1 saturated carbocycles. The topological polar surface area (TPSA) is 59.8 Å². The van der Waals surface area contributed by atoms with Crippen molar-refractivity contribution in [3.05, 3.63) is 12.2 Å². The average molecular weight is 234 g/mol. The second kappa shape index (κ2) is 3.91. The van der Waals surface area contributed by atoms with E-state index in [0.29, 0.717) is 17.6 Å². The largest absolute Gasteiger partial charge is 0.317 e. The van der Waals surface area contributed by atoms with Gasteiger partial charge in [0.15, 0.2) is 0 Å². The molecule has 0 amide bonds. The molecule has 1 spiro atoms. The fourth-order valence-corrected chi connectivity index (χ4v) is 3.04. The Morgan fingerprint density at radius 3 is 3.00 bits per heavy atom. The van der Waals surface area contributed by atoms with E-state index in [0.717, 1.165) is 38.2 Å². The average Bonchev–Trinajstić information content (AvgIpc) is 2.87.